The van der Waals surface area contributed by atoms with Gasteiger partial charge in [0.2, 0.25) is 0 Å². The van der Waals surface area contributed by atoms with E-state index in [0.717, 1.165) is 21.4 Å². The molecule has 180 valence electrons. The van der Waals surface area contributed by atoms with E-state index in [1.54, 1.807) is 18.2 Å². The van der Waals surface area contributed by atoms with E-state index < -0.39 is 23.0 Å². The molecule has 0 radical (unpaired) electrons. The molecule has 0 aliphatic carbocycles. The maximum atomic E-state index is 14.9. The van der Waals surface area contributed by atoms with Crippen LogP contribution in [0, 0.1) is 5.82 Å². The van der Waals surface area contributed by atoms with Crippen molar-refractivity contribution in [1.82, 2.24) is 14.1 Å². The third-order valence-electron chi connectivity index (χ3n) is 5.31. The highest BCUT2D eigenvalue weighted by molar-refractivity contribution is 6.03. The van der Waals surface area contributed by atoms with E-state index >= 15 is 0 Å². The number of carbonyl (C=O) groups is 1. The third kappa shape index (κ3) is 4.43. The maximum absolute atomic E-state index is 14.9. The Labute approximate surface area is 198 Å². The monoisotopic (exact) mass is 480 g/mol. The number of carbonyl (C=O) groups excluding carboxylic acids is 1. The second kappa shape index (κ2) is 9.29. The molecule has 1 N–H and O–H groups in total. The number of ether oxygens (including phenoxy) is 3. The van der Waals surface area contributed by atoms with Crippen molar-refractivity contribution in [2.45, 2.75) is 0 Å². The summed E-state index contributed by atoms with van der Waals surface area (Å²) < 4.78 is 33.2. The fourth-order valence-electron chi connectivity index (χ4n) is 3.48. The number of amides is 1. The van der Waals surface area contributed by atoms with Crippen molar-refractivity contribution in [3.05, 3.63) is 81.0 Å². The first-order valence-electron chi connectivity index (χ1n) is 10.3. The van der Waals surface area contributed by atoms with E-state index in [2.05, 4.69) is 10.3 Å². The Hall–Kier alpha value is -4.67. The summed E-state index contributed by atoms with van der Waals surface area (Å²) in [5, 5.41) is 3.03. The molecule has 0 saturated carbocycles. The number of hydrogen-bond donors (Lipinski definition) is 1. The van der Waals surface area contributed by atoms with Crippen molar-refractivity contribution in [3.63, 3.8) is 0 Å². The fraction of sp³-hybridized carbons (Fsp3) is 0.167. The van der Waals surface area contributed by atoms with Gasteiger partial charge in [-0.3, -0.25) is 19.1 Å². The summed E-state index contributed by atoms with van der Waals surface area (Å²) in [6.45, 7) is 0. The molecule has 2 heterocycles. The van der Waals surface area contributed by atoms with Gasteiger partial charge in [0, 0.05) is 49.7 Å². The molecule has 0 aliphatic heterocycles. The average molecular weight is 480 g/mol. The highest BCUT2D eigenvalue weighted by atomic mass is 19.1. The molecule has 0 aliphatic rings. The zero-order valence-corrected chi connectivity index (χ0v) is 19.3. The first-order chi connectivity index (χ1) is 16.7. The Morgan fingerprint density at radius 3 is 2.37 bits per heavy atom. The lowest BCUT2D eigenvalue weighted by atomic mass is 10.1. The number of hydrogen-bond acceptors (Lipinski definition) is 7. The maximum Gasteiger partial charge on any atom is 0.330 e. The first kappa shape index (κ1) is 23.5. The molecule has 0 spiro atoms. The van der Waals surface area contributed by atoms with Gasteiger partial charge in [0.15, 0.2) is 23.1 Å². The van der Waals surface area contributed by atoms with Crippen LogP contribution in [0.4, 0.5) is 10.1 Å². The molecular formula is C24H21FN4O6. The number of nitrogens with zero attached hydrogens (tertiary/aromatic N) is 3. The van der Waals surface area contributed by atoms with E-state index in [1.165, 1.54) is 46.6 Å². The summed E-state index contributed by atoms with van der Waals surface area (Å²) in [4.78, 5) is 40.9. The second-order valence-corrected chi connectivity index (χ2v) is 7.54. The lowest BCUT2D eigenvalue weighted by Gasteiger charge is -2.13. The number of aromatic nitrogens is 3. The Balaban J connectivity index is 1.61. The minimum Gasteiger partial charge on any atom is -0.493 e. The van der Waals surface area contributed by atoms with Crippen LogP contribution in [-0.4, -0.2) is 34.2 Å². The number of benzene rings is 2. The Kier molecular flexibility index (Phi) is 6.24. The number of anilines is 1. The zero-order chi connectivity index (χ0) is 25.3. The van der Waals surface area contributed by atoms with Gasteiger partial charge in [0.1, 0.15) is 11.3 Å². The normalized spacial score (nSPS) is 10.8. The van der Waals surface area contributed by atoms with Crippen LogP contribution in [0.5, 0.6) is 23.0 Å². The highest BCUT2D eigenvalue weighted by Gasteiger charge is 2.17. The number of aryl methyl sites for hydroxylation is 1. The second-order valence-electron chi connectivity index (χ2n) is 7.54. The minimum atomic E-state index is -0.782. The SMILES string of the molecule is COc1cc2nccc(Oc3ccc(NC(=O)c4cn(C)c(=O)n(C)c4=O)cc3F)c2cc1OC. The number of rotatable bonds is 6. The first-order valence-corrected chi connectivity index (χ1v) is 10.3. The number of nitrogens with one attached hydrogen (secondary N) is 1. The van der Waals surface area contributed by atoms with E-state index in [9.17, 15) is 18.8 Å². The zero-order valence-electron chi connectivity index (χ0n) is 19.3. The van der Waals surface area contributed by atoms with Gasteiger partial charge in [0.05, 0.1) is 19.7 Å². The van der Waals surface area contributed by atoms with Crippen molar-refractivity contribution < 1.29 is 23.4 Å². The van der Waals surface area contributed by atoms with Crippen molar-refractivity contribution in [1.29, 1.82) is 0 Å². The highest BCUT2D eigenvalue weighted by Crippen LogP contribution is 2.37. The van der Waals surface area contributed by atoms with Gasteiger partial charge in [-0.15, -0.1) is 0 Å². The number of methoxy groups -OCH3 is 2. The molecule has 1 amide bonds. The predicted molar refractivity (Wildman–Crippen MR) is 126 cm³/mol. The molecule has 0 bridgehead atoms. The molecule has 11 heteroatoms. The topological polar surface area (TPSA) is 114 Å². The molecule has 0 fully saturated rings. The van der Waals surface area contributed by atoms with Gasteiger partial charge in [-0.2, -0.15) is 0 Å². The Morgan fingerprint density at radius 1 is 0.971 bits per heavy atom. The molecule has 2 aromatic carbocycles. The summed E-state index contributed by atoms with van der Waals surface area (Å²) in [5.41, 5.74) is -0.936. The summed E-state index contributed by atoms with van der Waals surface area (Å²) in [5.74, 6) is -0.342. The van der Waals surface area contributed by atoms with Crippen LogP contribution in [0.3, 0.4) is 0 Å². The van der Waals surface area contributed by atoms with Crippen LogP contribution in [0.2, 0.25) is 0 Å². The van der Waals surface area contributed by atoms with Crippen molar-refractivity contribution in [3.8, 4) is 23.0 Å². The Morgan fingerprint density at radius 2 is 1.69 bits per heavy atom. The molecule has 35 heavy (non-hydrogen) atoms. The summed E-state index contributed by atoms with van der Waals surface area (Å²) in [6.07, 6.45) is 2.65. The molecule has 10 nitrogen and oxygen atoms in total. The van der Waals surface area contributed by atoms with Gasteiger partial charge in [-0.1, -0.05) is 0 Å². The summed E-state index contributed by atoms with van der Waals surface area (Å²) in [7, 11) is 5.69. The van der Waals surface area contributed by atoms with E-state index in [0.29, 0.717) is 28.2 Å². The molecule has 0 unspecified atom stereocenters. The summed E-state index contributed by atoms with van der Waals surface area (Å²) >= 11 is 0. The van der Waals surface area contributed by atoms with Gasteiger partial charge in [-0.25, -0.2) is 9.18 Å². The smallest absolute Gasteiger partial charge is 0.330 e. The van der Waals surface area contributed by atoms with Gasteiger partial charge in [-0.05, 0) is 24.3 Å². The van der Waals surface area contributed by atoms with Crippen LogP contribution < -0.4 is 30.8 Å². The van der Waals surface area contributed by atoms with E-state index in [1.807, 2.05) is 0 Å². The average Bonchev–Trinajstić information content (AvgIpc) is 2.85. The minimum absolute atomic E-state index is 0.0942. The van der Waals surface area contributed by atoms with E-state index in [-0.39, 0.29) is 17.0 Å². The molecule has 4 rings (SSSR count). The molecule has 4 aromatic rings. The van der Waals surface area contributed by atoms with Crippen molar-refractivity contribution in [2.24, 2.45) is 14.1 Å². The van der Waals surface area contributed by atoms with Gasteiger partial charge in [0.25, 0.3) is 11.5 Å². The quantitative estimate of drug-likeness (QED) is 0.451. The van der Waals surface area contributed by atoms with Crippen LogP contribution >= 0.6 is 0 Å². The van der Waals surface area contributed by atoms with E-state index in [4.69, 9.17) is 14.2 Å². The standard InChI is InChI=1S/C24H21FN4O6/c1-28-12-15(23(31)29(2)24(28)32)22(30)27-13-5-6-19(16(25)9-13)35-18-7-8-26-17-11-21(34-4)20(33-3)10-14(17)18/h5-12H,1-4H3,(H,27,30). The predicted octanol–water partition coefficient (Wildman–Crippen LogP) is 2.83. The lowest BCUT2D eigenvalue weighted by Crippen LogP contribution is -2.40. The fourth-order valence-corrected chi connectivity index (χ4v) is 3.48. The van der Waals surface area contributed by atoms with Crippen LogP contribution in [0.25, 0.3) is 10.9 Å². The van der Waals surface area contributed by atoms with Crippen molar-refractivity contribution in [2.75, 3.05) is 19.5 Å². The van der Waals surface area contributed by atoms with Crippen LogP contribution in [0.15, 0.2) is 58.4 Å². The van der Waals surface area contributed by atoms with Crippen LogP contribution in [0.1, 0.15) is 10.4 Å². The van der Waals surface area contributed by atoms with Gasteiger partial charge < -0.3 is 24.1 Å². The molecule has 2 aromatic heterocycles. The molecule has 0 atom stereocenters. The third-order valence-corrected chi connectivity index (χ3v) is 5.31. The van der Waals surface area contributed by atoms with Crippen molar-refractivity contribution >= 4 is 22.5 Å². The largest absolute Gasteiger partial charge is 0.493 e. The van der Waals surface area contributed by atoms with Gasteiger partial charge >= 0.3 is 5.69 Å². The number of halogens is 1. The van der Waals surface area contributed by atoms with Crippen LogP contribution in [-0.2, 0) is 14.1 Å². The molecule has 0 saturated heterocycles. The Bertz CT molecular complexity index is 1580. The lowest BCUT2D eigenvalue weighted by molar-refractivity contribution is 0.102. The number of fused-ring (bicyclic) bond motifs is 1. The summed E-state index contributed by atoms with van der Waals surface area (Å²) in [6, 6.07) is 8.77. The molecular weight excluding hydrogens is 459 g/mol. The number of pyridine rings is 1.